The average molecular weight is 368 g/mol. The zero-order valence-corrected chi connectivity index (χ0v) is 13.6. The number of hydrogen-bond donors (Lipinski definition) is 1. The summed E-state index contributed by atoms with van der Waals surface area (Å²) in [5.41, 5.74) is 0.515. The first-order chi connectivity index (χ1) is 10.2. The zero-order valence-electron chi connectivity index (χ0n) is 11.2. The van der Waals surface area contributed by atoms with Gasteiger partial charge in [0.05, 0.1) is 17.0 Å². The van der Waals surface area contributed by atoms with Crippen LogP contribution in [0.25, 0.3) is 0 Å². The lowest BCUT2D eigenvalue weighted by atomic mass is 10.2. The third kappa shape index (κ3) is 4.99. The molecule has 0 saturated heterocycles. The van der Waals surface area contributed by atoms with Crippen molar-refractivity contribution in [3.8, 4) is 0 Å². The average Bonchev–Trinajstić information content (AvgIpc) is 3.01. The highest BCUT2D eigenvalue weighted by Crippen LogP contribution is 2.11. The van der Waals surface area contributed by atoms with Gasteiger partial charge < -0.3 is 10.1 Å². The zero-order chi connectivity index (χ0) is 15.1. The van der Waals surface area contributed by atoms with Crippen molar-refractivity contribution < 1.29 is 14.3 Å². The second kappa shape index (κ2) is 7.95. The van der Waals surface area contributed by atoms with Crippen LogP contribution < -0.4 is 5.32 Å². The van der Waals surface area contributed by atoms with E-state index in [4.69, 9.17) is 4.74 Å². The highest BCUT2D eigenvalue weighted by molar-refractivity contribution is 9.10. The first-order valence-corrected chi connectivity index (χ1v) is 8.08. The standard InChI is InChI=1S/C15H14BrNO3S/c16-12-6-4-11(5-7-12)15(19)20-9-2-8-17-14(18)13-3-1-10-21-13/h1,3-7,10H,2,8-9H2,(H,17,18). The third-order valence-corrected chi connectivity index (χ3v) is 4.06. The number of hydrogen-bond acceptors (Lipinski definition) is 4. The Morgan fingerprint density at radius 3 is 2.62 bits per heavy atom. The van der Waals surface area contributed by atoms with Crippen LogP contribution in [0.2, 0.25) is 0 Å². The van der Waals surface area contributed by atoms with Crippen molar-refractivity contribution in [3.63, 3.8) is 0 Å². The summed E-state index contributed by atoms with van der Waals surface area (Å²) >= 11 is 4.70. The van der Waals surface area contributed by atoms with Crippen LogP contribution in [0.4, 0.5) is 0 Å². The summed E-state index contributed by atoms with van der Waals surface area (Å²) in [5, 5.41) is 4.64. The van der Waals surface area contributed by atoms with Crippen LogP contribution in [0, 0.1) is 0 Å². The lowest BCUT2D eigenvalue weighted by Crippen LogP contribution is -2.24. The molecule has 1 aromatic heterocycles. The molecule has 1 aromatic carbocycles. The Labute approximate surface area is 135 Å². The van der Waals surface area contributed by atoms with Gasteiger partial charge in [-0.05, 0) is 42.1 Å². The monoisotopic (exact) mass is 367 g/mol. The minimum atomic E-state index is -0.355. The van der Waals surface area contributed by atoms with E-state index in [2.05, 4.69) is 21.2 Å². The van der Waals surface area contributed by atoms with E-state index >= 15 is 0 Å². The highest BCUT2D eigenvalue weighted by atomic mass is 79.9. The van der Waals surface area contributed by atoms with Gasteiger partial charge >= 0.3 is 5.97 Å². The number of nitrogens with one attached hydrogen (secondary N) is 1. The lowest BCUT2D eigenvalue weighted by Gasteiger charge is -2.06. The van der Waals surface area contributed by atoms with Crippen LogP contribution in [-0.4, -0.2) is 25.0 Å². The van der Waals surface area contributed by atoms with Gasteiger partial charge in [-0.2, -0.15) is 0 Å². The number of carbonyl (C=O) groups excluding carboxylic acids is 2. The molecule has 0 aliphatic heterocycles. The summed E-state index contributed by atoms with van der Waals surface area (Å²) in [6.07, 6.45) is 0.583. The highest BCUT2D eigenvalue weighted by Gasteiger charge is 2.07. The molecule has 1 N–H and O–H groups in total. The van der Waals surface area contributed by atoms with Crippen molar-refractivity contribution in [3.05, 3.63) is 56.7 Å². The molecule has 0 spiro atoms. The van der Waals surface area contributed by atoms with Crippen LogP contribution in [0.15, 0.2) is 46.3 Å². The molecule has 0 bridgehead atoms. The summed E-state index contributed by atoms with van der Waals surface area (Å²) in [6, 6.07) is 10.6. The molecule has 2 rings (SSSR count). The number of carbonyl (C=O) groups is 2. The van der Waals surface area contributed by atoms with Gasteiger partial charge in [-0.15, -0.1) is 11.3 Å². The predicted molar refractivity (Wildman–Crippen MR) is 85.7 cm³/mol. The third-order valence-electron chi connectivity index (χ3n) is 2.66. The van der Waals surface area contributed by atoms with Crippen LogP contribution in [0.3, 0.4) is 0 Å². The number of ether oxygens (including phenoxy) is 1. The number of esters is 1. The van der Waals surface area contributed by atoms with Crippen molar-refractivity contribution in [2.75, 3.05) is 13.2 Å². The normalized spacial score (nSPS) is 10.1. The van der Waals surface area contributed by atoms with Crippen LogP contribution >= 0.6 is 27.3 Å². The van der Waals surface area contributed by atoms with Gasteiger partial charge in [0.15, 0.2) is 0 Å². The molecular weight excluding hydrogens is 354 g/mol. The summed E-state index contributed by atoms with van der Waals surface area (Å²) < 4.78 is 6.05. The maximum absolute atomic E-state index is 11.7. The Hall–Kier alpha value is -1.66. The largest absolute Gasteiger partial charge is 0.462 e. The molecular formula is C15H14BrNO3S. The van der Waals surface area contributed by atoms with E-state index in [1.165, 1.54) is 11.3 Å². The van der Waals surface area contributed by atoms with Crippen LogP contribution in [0.5, 0.6) is 0 Å². The van der Waals surface area contributed by atoms with Gasteiger partial charge in [0.25, 0.3) is 5.91 Å². The van der Waals surface area contributed by atoms with Crippen molar-refractivity contribution >= 4 is 39.1 Å². The Bertz CT molecular complexity index is 596. The van der Waals surface area contributed by atoms with E-state index in [-0.39, 0.29) is 18.5 Å². The molecule has 0 saturated carbocycles. The molecule has 4 nitrogen and oxygen atoms in total. The molecule has 1 amide bonds. The first-order valence-electron chi connectivity index (χ1n) is 6.41. The Morgan fingerprint density at radius 2 is 1.95 bits per heavy atom. The fraction of sp³-hybridized carbons (Fsp3) is 0.200. The molecule has 0 fully saturated rings. The molecule has 1 heterocycles. The van der Waals surface area contributed by atoms with Crippen molar-refractivity contribution in [2.24, 2.45) is 0 Å². The van der Waals surface area contributed by atoms with E-state index < -0.39 is 0 Å². The smallest absolute Gasteiger partial charge is 0.338 e. The fourth-order valence-corrected chi connectivity index (χ4v) is 2.51. The molecule has 110 valence electrons. The molecule has 6 heteroatoms. The molecule has 0 aliphatic carbocycles. The van der Waals surface area contributed by atoms with Gasteiger partial charge in [0.2, 0.25) is 0 Å². The van der Waals surface area contributed by atoms with E-state index in [0.717, 1.165) is 4.47 Å². The molecule has 2 aromatic rings. The van der Waals surface area contributed by atoms with Crippen molar-refractivity contribution in [1.82, 2.24) is 5.32 Å². The molecule has 21 heavy (non-hydrogen) atoms. The maximum Gasteiger partial charge on any atom is 0.338 e. The predicted octanol–water partition coefficient (Wildman–Crippen LogP) is 3.49. The lowest BCUT2D eigenvalue weighted by molar-refractivity contribution is 0.0501. The van der Waals surface area contributed by atoms with Gasteiger partial charge in [-0.3, -0.25) is 4.79 Å². The second-order valence-corrected chi connectivity index (χ2v) is 6.09. The fourth-order valence-electron chi connectivity index (χ4n) is 1.60. The van der Waals surface area contributed by atoms with Gasteiger partial charge in [0.1, 0.15) is 0 Å². The number of rotatable bonds is 6. The SMILES string of the molecule is O=C(OCCCNC(=O)c1cccs1)c1ccc(Br)cc1. The van der Waals surface area contributed by atoms with Gasteiger partial charge in [0, 0.05) is 11.0 Å². The second-order valence-electron chi connectivity index (χ2n) is 4.23. The van der Waals surface area contributed by atoms with E-state index in [9.17, 15) is 9.59 Å². The van der Waals surface area contributed by atoms with Crippen molar-refractivity contribution in [1.29, 1.82) is 0 Å². The maximum atomic E-state index is 11.7. The number of amides is 1. The molecule has 0 unspecified atom stereocenters. The minimum Gasteiger partial charge on any atom is -0.462 e. The number of thiophene rings is 1. The van der Waals surface area contributed by atoms with Crippen LogP contribution in [-0.2, 0) is 4.74 Å². The summed E-state index contributed by atoms with van der Waals surface area (Å²) in [4.78, 5) is 24.0. The summed E-state index contributed by atoms with van der Waals surface area (Å²) in [7, 11) is 0. The molecule has 0 aliphatic rings. The summed E-state index contributed by atoms with van der Waals surface area (Å²) in [6.45, 7) is 0.754. The molecule has 0 atom stereocenters. The van der Waals surface area contributed by atoms with Gasteiger partial charge in [-0.25, -0.2) is 4.79 Å². The minimum absolute atomic E-state index is 0.0933. The van der Waals surface area contributed by atoms with E-state index in [1.54, 1.807) is 30.3 Å². The first kappa shape index (κ1) is 15.7. The molecule has 0 radical (unpaired) electrons. The Morgan fingerprint density at radius 1 is 1.19 bits per heavy atom. The Balaban J connectivity index is 1.64. The van der Waals surface area contributed by atoms with Crippen molar-refractivity contribution in [2.45, 2.75) is 6.42 Å². The number of benzene rings is 1. The number of halogens is 1. The van der Waals surface area contributed by atoms with E-state index in [1.807, 2.05) is 11.4 Å². The quantitative estimate of drug-likeness (QED) is 0.627. The Kier molecular flexibility index (Phi) is 5.95. The van der Waals surface area contributed by atoms with Gasteiger partial charge in [-0.1, -0.05) is 22.0 Å². The topological polar surface area (TPSA) is 55.4 Å². The van der Waals surface area contributed by atoms with Crippen LogP contribution in [0.1, 0.15) is 26.5 Å². The summed E-state index contributed by atoms with van der Waals surface area (Å²) in [5.74, 6) is -0.448. The van der Waals surface area contributed by atoms with E-state index in [0.29, 0.717) is 23.4 Å².